The maximum Gasteiger partial charge on any atom is 0.279 e. The second-order valence-corrected chi connectivity index (χ2v) is 3.72. The van der Waals surface area contributed by atoms with Gasteiger partial charge in [-0.05, 0) is 12.8 Å². The molecule has 1 rings (SSSR count). The highest BCUT2D eigenvalue weighted by molar-refractivity contribution is 9.08. The van der Waals surface area contributed by atoms with Crippen molar-refractivity contribution in [2.45, 2.75) is 32.0 Å². The molecule has 1 aromatic rings. The summed E-state index contributed by atoms with van der Waals surface area (Å²) in [5.41, 5.74) is 2.46. The van der Waals surface area contributed by atoms with E-state index in [9.17, 15) is 10.1 Å². The first-order valence-corrected chi connectivity index (χ1v) is 5.97. The van der Waals surface area contributed by atoms with Gasteiger partial charge in [0.15, 0.2) is 0 Å². The molecule has 0 atom stereocenters. The molecule has 0 radical (unpaired) electrons. The first-order chi connectivity index (χ1) is 7.15. The van der Waals surface area contributed by atoms with Crippen LogP contribution in [0.2, 0.25) is 0 Å². The summed E-state index contributed by atoms with van der Waals surface area (Å²) >= 11 is 3.29. The number of hydrogen-bond donors (Lipinski definition) is 0. The molecular formula is C10H13BrN2O2. The third kappa shape index (κ3) is 2.34. The summed E-state index contributed by atoms with van der Waals surface area (Å²) in [6.07, 6.45) is 2.88. The van der Waals surface area contributed by atoms with Gasteiger partial charge in [0.1, 0.15) is 0 Å². The average molecular weight is 273 g/mol. The molecule has 15 heavy (non-hydrogen) atoms. The van der Waals surface area contributed by atoms with Gasteiger partial charge in [-0.2, -0.15) is 0 Å². The number of aryl methyl sites for hydroxylation is 1. The molecule has 0 N–H and O–H groups in total. The van der Waals surface area contributed by atoms with Crippen molar-refractivity contribution in [3.05, 3.63) is 33.1 Å². The van der Waals surface area contributed by atoms with Crippen molar-refractivity contribution in [2.24, 2.45) is 0 Å². The Balaban J connectivity index is 3.44. The van der Waals surface area contributed by atoms with Crippen LogP contribution in [-0.4, -0.2) is 9.91 Å². The summed E-state index contributed by atoms with van der Waals surface area (Å²) in [5, 5.41) is 11.5. The standard InChI is InChI=1S/C10H13BrN2O2/c1-3-7-6-12-9(5-11)8(4-2)10(7)13(14)15/h6H,3-5H2,1-2H3. The summed E-state index contributed by atoms with van der Waals surface area (Å²) in [6.45, 7) is 3.81. The topological polar surface area (TPSA) is 56.0 Å². The first kappa shape index (κ1) is 12.1. The van der Waals surface area contributed by atoms with Crippen LogP contribution in [0.3, 0.4) is 0 Å². The zero-order valence-electron chi connectivity index (χ0n) is 8.79. The highest BCUT2D eigenvalue weighted by atomic mass is 79.9. The minimum Gasteiger partial charge on any atom is -0.259 e. The van der Waals surface area contributed by atoms with Crippen molar-refractivity contribution in [1.29, 1.82) is 0 Å². The second-order valence-electron chi connectivity index (χ2n) is 3.16. The van der Waals surface area contributed by atoms with Gasteiger partial charge in [-0.25, -0.2) is 0 Å². The van der Waals surface area contributed by atoms with Crippen LogP contribution in [0.1, 0.15) is 30.7 Å². The summed E-state index contributed by atoms with van der Waals surface area (Å²) < 4.78 is 0. The number of pyridine rings is 1. The van der Waals surface area contributed by atoms with Crippen molar-refractivity contribution in [1.82, 2.24) is 4.98 Å². The fourth-order valence-corrected chi connectivity index (χ4v) is 2.08. The predicted molar refractivity (Wildman–Crippen MR) is 62.3 cm³/mol. The highest BCUT2D eigenvalue weighted by Gasteiger charge is 2.21. The van der Waals surface area contributed by atoms with Crippen LogP contribution < -0.4 is 0 Å². The third-order valence-corrected chi connectivity index (χ3v) is 2.89. The Kier molecular flexibility index (Phi) is 4.20. The fraction of sp³-hybridized carbons (Fsp3) is 0.500. The van der Waals surface area contributed by atoms with E-state index in [1.165, 1.54) is 0 Å². The Morgan fingerprint density at radius 2 is 2.13 bits per heavy atom. The third-order valence-electron chi connectivity index (χ3n) is 2.36. The Hall–Kier alpha value is -0.970. The van der Waals surface area contributed by atoms with Crippen molar-refractivity contribution in [2.75, 3.05) is 0 Å². The minimum atomic E-state index is -0.300. The summed E-state index contributed by atoms with van der Waals surface area (Å²) in [6, 6.07) is 0. The van der Waals surface area contributed by atoms with Crippen LogP contribution in [0.5, 0.6) is 0 Å². The van der Waals surface area contributed by atoms with E-state index in [0.717, 1.165) is 11.3 Å². The van der Waals surface area contributed by atoms with E-state index in [4.69, 9.17) is 0 Å². The average Bonchev–Trinajstić information content (AvgIpc) is 2.26. The predicted octanol–water partition coefficient (Wildman–Crippen LogP) is 3.01. The molecule has 5 heteroatoms. The highest BCUT2D eigenvalue weighted by Crippen LogP contribution is 2.27. The van der Waals surface area contributed by atoms with Gasteiger partial charge in [0.2, 0.25) is 0 Å². The lowest BCUT2D eigenvalue weighted by molar-refractivity contribution is -0.386. The lowest BCUT2D eigenvalue weighted by Gasteiger charge is -2.08. The Morgan fingerprint density at radius 3 is 2.53 bits per heavy atom. The Bertz CT molecular complexity index is 380. The van der Waals surface area contributed by atoms with Gasteiger partial charge in [0, 0.05) is 17.1 Å². The molecule has 0 aliphatic carbocycles. The van der Waals surface area contributed by atoms with Crippen LogP contribution in [0.25, 0.3) is 0 Å². The first-order valence-electron chi connectivity index (χ1n) is 4.85. The van der Waals surface area contributed by atoms with E-state index < -0.39 is 0 Å². The maximum atomic E-state index is 11.0. The molecule has 0 unspecified atom stereocenters. The molecule has 0 saturated carbocycles. The van der Waals surface area contributed by atoms with E-state index >= 15 is 0 Å². The number of aromatic nitrogens is 1. The molecule has 0 saturated heterocycles. The van der Waals surface area contributed by atoms with Crippen LogP contribution in [0.15, 0.2) is 6.20 Å². The molecule has 4 nitrogen and oxygen atoms in total. The van der Waals surface area contributed by atoms with Crippen molar-refractivity contribution >= 4 is 21.6 Å². The van der Waals surface area contributed by atoms with Crippen molar-refractivity contribution in [3.8, 4) is 0 Å². The largest absolute Gasteiger partial charge is 0.279 e. The number of hydrogen-bond acceptors (Lipinski definition) is 3. The number of halogens is 1. The molecular weight excluding hydrogens is 260 g/mol. The minimum absolute atomic E-state index is 0.240. The molecule has 0 amide bonds. The number of alkyl halides is 1. The van der Waals surface area contributed by atoms with E-state index in [1.807, 2.05) is 13.8 Å². The lowest BCUT2D eigenvalue weighted by atomic mass is 10.0. The van der Waals surface area contributed by atoms with Gasteiger partial charge in [-0.15, -0.1) is 0 Å². The van der Waals surface area contributed by atoms with Crippen LogP contribution in [-0.2, 0) is 18.2 Å². The Morgan fingerprint density at radius 1 is 1.47 bits per heavy atom. The van der Waals surface area contributed by atoms with Crippen molar-refractivity contribution in [3.63, 3.8) is 0 Å². The number of nitro groups is 1. The van der Waals surface area contributed by atoms with Crippen LogP contribution >= 0.6 is 15.9 Å². The van der Waals surface area contributed by atoms with Gasteiger partial charge in [0.25, 0.3) is 5.69 Å². The summed E-state index contributed by atoms with van der Waals surface area (Å²) in [7, 11) is 0. The van der Waals surface area contributed by atoms with Gasteiger partial charge in [0.05, 0.1) is 16.2 Å². The van der Waals surface area contributed by atoms with Gasteiger partial charge in [-0.1, -0.05) is 29.8 Å². The van der Waals surface area contributed by atoms with Crippen LogP contribution in [0, 0.1) is 10.1 Å². The molecule has 82 valence electrons. The zero-order chi connectivity index (χ0) is 11.4. The summed E-state index contributed by atoms with van der Waals surface area (Å²) in [4.78, 5) is 14.9. The molecule has 0 fully saturated rings. The number of nitrogens with zero attached hydrogens (tertiary/aromatic N) is 2. The molecule has 0 aliphatic rings. The van der Waals surface area contributed by atoms with Gasteiger partial charge in [-0.3, -0.25) is 15.1 Å². The van der Waals surface area contributed by atoms with E-state index in [-0.39, 0.29) is 10.6 Å². The SMILES string of the molecule is CCc1cnc(CBr)c(CC)c1[N+](=O)[O-]. The molecule has 0 spiro atoms. The number of rotatable bonds is 4. The van der Waals surface area contributed by atoms with Gasteiger partial charge < -0.3 is 0 Å². The summed E-state index contributed by atoms with van der Waals surface area (Å²) in [5.74, 6) is 0. The smallest absolute Gasteiger partial charge is 0.259 e. The molecule has 0 bridgehead atoms. The van der Waals surface area contributed by atoms with Crippen molar-refractivity contribution < 1.29 is 4.92 Å². The second kappa shape index (κ2) is 5.21. The quantitative estimate of drug-likeness (QED) is 0.481. The molecule has 0 aliphatic heterocycles. The van der Waals surface area contributed by atoms with E-state index in [1.54, 1.807) is 6.20 Å². The van der Waals surface area contributed by atoms with Gasteiger partial charge >= 0.3 is 0 Å². The lowest BCUT2D eigenvalue weighted by Crippen LogP contribution is -2.04. The van der Waals surface area contributed by atoms with E-state index in [2.05, 4.69) is 20.9 Å². The van der Waals surface area contributed by atoms with Crippen LogP contribution in [0.4, 0.5) is 5.69 Å². The molecule has 1 heterocycles. The maximum absolute atomic E-state index is 11.0. The van der Waals surface area contributed by atoms with E-state index in [0.29, 0.717) is 23.7 Å². The fourth-order valence-electron chi connectivity index (χ4n) is 1.60. The molecule has 0 aromatic carbocycles. The Labute approximate surface area is 97.0 Å². The molecule has 1 aromatic heterocycles. The normalized spacial score (nSPS) is 10.3. The monoisotopic (exact) mass is 272 g/mol. The zero-order valence-corrected chi connectivity index (χ0v) is 10.4.